The zero-order valence-corrected chi connectivity index (χ0v) is 19.8. The Bertz CT molecular complexity index is 1020. The van der Waals surface area contributed by atoms with E-state index in [2.05, 4.69) is 34.9 Å². The Morgan fingerprint density at radius 2 is 1.91 bits per heavy atom. The summed E-state index contributed by atoms with van der Waals surface area (Å²) in [5.41, 5.74) is 2.13. The summed E-state index contributed by atoms with van der Waals surface area (Å²) in [6, 6.07) is 12.2. The summed E-state index contributed by atoms with van der Waals surface area (Å²) in [6.07, 6.45) is 6.94. The molecule has 2 N–H and O–H groups in total. The van der Waals surface area contributed by atoms with Crippen LogP contribution in [0.25, 0.3) is 0 Å². The highest BCUT2D eigenvalue weighted by molar-refractivity contribution is 7.89. The molecule has 1 aliphatic rings. The molecule has 6 nitrogen and oxygen atoms in total. The fraction of sp³-hybridized carbons (Fsp3) is 0.440. The first kappa shape index (κ1) is 24.1. The van der Waals surface area contributed by atoms with Gasteiger partial charge in [-0.1, -0.05) is 49.8 Å². The first-order chi connectivity index (χ1) is 15.3. The number of sulfonamides is 1. The Morgan fingerprint density at radius 3 is 2.56 bits per heavy atom. The number of carbonyl (C=O) groups is 1. The fourth-order valence-corrected chi connectivity index (χ4v) is 5.49. The van der Waals surface area contributed by atoms with Gasteiger partial charge in [0, 0.05) is 31.9 Å². The molecule has 1 amide bonds. The summed E-state index contributed by atoms with van der Waals surface area (Å²) >= 11 is 0. The molecule has 0 bridgehead atoms. The number of benzene rings is 1. The molecule has 1 heterocycles. The van der Waals surface area contributed by atoms with E-state index in [0.29, 0.717) is 31.3 Å². The lowest BCUT2D eigenvalue weighted by Crippen LogP contribution is -2.37. The number of nitrogens with zero attached hydrogens (tertiary/aromatic N) is 1. The Hall–Kier alpha value is -2.51. The number of hydrogen-bond acceptors (Lipinski definition) is 4. The summed E-state index contributed by atoms with van der Waals surface area (Å²) in [4.78, 5) is 16.9. The average Bonchev–Trinajstić information content (AvgIpc) is 2.79. The molecule has 2 aromatic rings. The number of nitrogens with one attached hydrogen (secondary N) is 2. The Balaban J connectivity index is 1.62. The normalized spacial score (nSPS) is 21.2. The molecule has 0 fully saturated rings. The van der Waals surface area contributed by atoms with Gasteiger partial charge in [-0.05, 0) is 60.8 Å². The van der Waals surface area contributed by atoms with Crippen LogP contribution in [0.1, 0.15) is 39.2 Å². The van der Waals surface area contributed by atoms with Gasteiger partial charge in [0.1, 0.15) is 0 Å². The molecule has 7 heteroatoms. The van der Waals surface area contributed by atoms with Crippen molar-refractivity contribution in [3.05, 3.63) is 72.1 Å². The van der Waals surface area contributed by atoms with Crippen LogP contribution in [0.4, 0.5) is 0 Å². The summed E-state index contributed by atoms with van der Waals surface area (Å²) in [6.45, 7) is 7.21. The van der Waals surface area contributed by atoms with E-state index >= 15 is 0 Å². The minimum Gasteiger partial charge on any atom is -0.352 e. The van der Waals surface area contributed by atoms with Gasteiger partial charge < -0.3 is 5.32 Å². The van der Waals surface area contributed by atoms with Crippen molar-refractivity contribution in [2.75, 3.05) is 6.54 Å². The van der Waals surface area contributed by atoms with Gasteiger partial charge in [0.05, 0.1) is 4.90 Å². The minimum atomic E-state index is -3.54. The quantitative estimate of drug-likeness (QED) is 0.561. The van der Waals surface area contributed by atoms with Crippen LogP contribution in [0.2, 0.25) is 0 Å². The largest absolute Gasteiger partial charge is 0.352 e. The fourth-order valence-electron chi connectivity index (χ4n) is 4.40. The molecule has 3 atom stereocenters. The van der Waals surface area contributed by atoms with Crippen molar-refractivity contribution < 1.29 is 13.2 Å². The van der Waals surface area contributed by atoms with Crippen molar-refractivity contribution in [2.24, 2.45) is 23.7 Å². The highest BCUT2D eigenvalue weighted by atomic mass is 32.2. The molecule has 1 aromatic carbocycles. The topological polar surface area (TPSA) is 88.2 Å². The molecule has 0 aliphatic heterocycles. The zero-order chi connectivity index (χ0) is 23.1. The van der Waals surface area contributed by atoms with Crippen LogP contribution in [-0.2, 0) is 21.4 Å². The van der Waals surface area contributed by atoms with Crippen molar-refractivity contribution in [3.8, 4) is 0 Å². The molecule has 0 unspecified atom stereocenters. The second kappa shape index (κ2) is 10.9. The summed E-state index contributed by atoms with van der Waals surface area (Å²) in [5, 5.41) is 2.99. The molecule has 0 saturated heterocycles. The van der Waals surface area contributed by atoms with Gasteiger partial charge in [0.15, 0.2) is 0 Å². The molecule has 1 aromatic heterocycles. The van der Waals surface area contributed by atoms with Gasteiger partial charge in [0.25, 0.3) is 0 Å². The summed E-state index contributed by atoms with van der Waals surface area (Å²) < 4.78 is 28.1. The van der Waals surface area contributed by atoms with Gasteiger partial charge in [-0.2, -0.15) is 0 Å². The molecular weight excluding hydrogens is 422 g/mol. The monoisotopic (exact) mass is 455 g/mol. The van der Waals surface area contributed by atoms with Gasteiger partial charge in [0.2, 0.25) is 15.9 Å². The number of aromatic nitrogens is 1. The van der Waals surface area contributed by atoms with E-state index in [9.17, 15) is 13.2 Å². The van der Waals surface area contributed by atoms with Crippen LogP contribution in [-0.4, -0.2) is 25.9 Å². The minimum absolute atomic E-state index is 0.0253. The predicted octanol–water partition coefficient (Wildman–Crippen LogP) is 3.92. The Labute approximate surface area is 191 Å². The lowest BCUT2D eigenvalue weighted by Gasteiger charge is -2.37. The Kier molecular flexibility index (Phi) is 8.21. The summed E-state index contributed by atoms with van der Waals surface area (Å²) in [7, 11) is -3.54. The lowest BCUT2D eigenvalue weighted by atomic mass is 9.70. The second-order valence-corrected chi connectivity index (χ2v) is 10.7. The number of carbonyl (C=O) groups excluding carboxylic acids is 1. The van der Waals surface area contributed by atoms with Gasteiger partial charge in [-0.3, -0.25) is 9.78 Å². The first-order valence-corrected chi connectivity index (χ1v) is 12.6. The standard InChI is InChI=1S/C25H33N3O3S/c1-18(2)24-13-21(14-25(29)27-16-20-8-7-11-26-15-20)19(3)12-22(24)17-28-32(30,31)23-9-5-4-6-10-23/h4-12,15,18,21-22,24,28H,13-14,16-17H2,1-3H3,(H,27,29)/t21-,22-,24-/m0/s1. The zero-order valence-electron chi connectivity index (χ0n) is 19.0. The van der Waals surface area contributed by atoms with Gasteiger partial charge in [-0.15, -0.1) is 0 Å². The van der Waals surface area contributed by atoms with Gasteiger partial charge in [-0.25, -0.2) is 13.1 Å². The SMILES string of the molecule is CC1=C[C@@H](CNS(=O)(=O)c2ccccc2)[C@H](C(C)C)C[C@H]1CC(=O)NCc1cccnc1. The number of amides is 1. The average molecular weight is 456 g/mol. The van der Waals surface area contributed by atoms with E-state index in [0.717, 1.165) is 17.6 Å². The van der Waals surface area contributed by atoms with Crippen LogP contribution < -0.4 is 10.0 Å². The van der Waals surface area contributed by atoms with Crippen LogP contribution >= 0.6 is 0 Å². The van der Waals surface area contributed by atoms with Crippen molar-refractivity contribution in [3.63, 3.8) is 0 Å². The lowest BCUT2D eigenvalue weighted by molar-refractivity contribution is -0.122. The first-order valence-electron chi connectivity index (χ1n) is 11.1. The van der Waals surface area contributed by atoms with Crippen LogP contribution in [0.15, 0.2) is 71.4 Å². The number of rotatable bonds is 9. The third-order valence-electron chi connectivity index (χ3n) is 6.29. The molecule has 0 radical (unpaired) electrons. The highest BCUT2D eigenvalue weighted by Gasteiger charge is 2.33. The maximum atomic E-state index is 12.6. The van der Waals surface area contributed by atoms with Crippen LogP contribution in [0.3, 0.4) is 0 Å². The van der Waals surface area contributed by atoms with Crippen LogP contribution in [0, 0.1) is 23.7 Å². The van der Waals surface area contributed by atoms with Gasteiger partial charge >= 0.3 is 0 Å². The number of pyridine rings is 1. The van der Waals surface area contributed by atoms with Crippen LogP contribution in [0.5, 0.6) is 0 Å². The van der Waals surface area contributed by atoms with E-state index in [4.69, 9.17) is 0 Å². The smallest absolute Gasteiger partial charge is 0.240 e. The molecule has 1 aliphatic carbocycles. The van der Waals surface area contributed by atoms with E-state index in [-0.39, 0.29) is 22.6 Å². The van der Waals surface area contributed by atoms with E-state index < -0.39 is 10.0 Å². The van der Waals surface area contributed by atoms with Crippen molar-refractivity contribution in [1.29, 1.82) is 0 Å². The molecule has 0 spiro atoms. The van der Waals surface area contributed by atoms with E-state index in [1.807, 2.05) is 19.1 Å². The molecule has 32 heavy (non-hydrogen) atoms. The third kappa shape index (κ3) is 6.50. The summed E-state index contributed by atoms with van der Waals surface area (Å²) in [5.74, 6) is 0.971. The number of hydrogen-bond donors (Lipinski definition) is 2. The molecule has 3 rings (SSSR count). The second-order valence-electron chi connectivity index (χ2n) is 8.92. The number of allylic oxidation sites excluding steroid dienone is 1. The van der Waals surface area contributed by atoms with Crippen molar-refractivity contribution in [2.45, 2.75) is 45.1 Å². The van der Waals surface area contributed by atoms with Crippen molar-refractivity contribution >= 4 is 15.9 Å². The van der Waals surface area contributed by atoms with Crippen molar-refractivity contribution in [1.82, 2.24) is 15.0 Å². The third-order valence-corrected chi connectivity index (χ3v) is 7.73. The maximum absolute atomic E-state index is 12.6. The maximum Gasteiger partial charge on any atom is 0.240 e. The molecular formula is C25H33N3O3S. The molecule has 172 valence electrons. The van der Waals surface area contributed by atoms with E-state index in [1.54, 1.807) is 42.7 Å². The highest BCUT2D eigenvalue weighted by Crippen LogP contribution is 2.38. The van der Waals surface area contributed by atoms with E-state index in [1.165, 1.54) is 0 Å². The molecule has 0 saturated carbocycles. The Morgan fingerprint density at radius 1 is 1.16 bits per heavy atom. The predicted molar refractivity (Wildman–Crippen MR) is 126 cm³/mol.